The summed E-state index contributed by atoms with van der Waals surface area (Å²) in [6.45, 7) is 21.6. The zero-order valence-electron chi connectivity index (χ0n) is 42.9. The van der Waals surface area contributed by atoms with E-state index in [9.17, 15) is 39.0 Å². The molecule has 380 valence electrons. The van der Waals surface area contributed by atoms with E-state index in [0.717, 1.165) is 0 Å². The van der Waals surface area contributed by atoms with E-state index < -0.39 is 88.4 Å². The fraction of sp³-hybridized carbons (Fsp3) is 0.509. The summed E-state index contributed by atoms with van der Waals surface area (Å²) in [7, 11) is 2.39. The molecule has 0 radical (unpaired) electrons. The molecule has 4 amide bonds. The number of nitrogens with one attached hydrogen (secondary N) is 4. The molecule has 0 saturated carbocycles. The molecule has 7 N–H and O–H groups in total. The Morgan fingerprint density at radius 3 is 1.17 bits per heavy atom. The lowest BCUT2D eigenvalue weighted by atomic mass is 9.94. The van der Waals surface area contributed by atoms with Crippen LogP contribution in [0.25, 0.3) is 0 Å². The van der Waals surface area contributed by atoms with Crippen LogP contribution in [0.1, 0.15) is 128 Å². The maximum absolute atomic E-state index is 12.8. The second-order valence-corrected chi connectivity index (χ2v) is 19.1. The van der Waals surface area contributed by atoms with E-state index in [0.29, 0.717) is 23.1 Å². The predicted molar refractivity (Wildman–Crippen MR) is 263 cm³/mol. The van der Waals surface area contributed by atoms with Gasteiger partial charge in [0.05, 0.1) is 44.1 Å². The molecule has 0 saturated heterocycles. The van der Waals surface area contributed by atoms with Crippen LogP contribution in [0.15, 0.2) is 48.5 Å². The highest BCUT2D eigenvalue weighted by Crippen LogP contribution is 2.17. The Morgan fingerprint density at radius 1 is 0.557 bits per heavy atom. The number of alkyl carbamates (subject to hydrolysis) is 2. The number of aliphatic hydroxyl groups is 3. The molecule has 4 unspecified atom stereocenters. The standard InChI is InChI=1S/C27H36N2O6.C26H34N2O7/c1-9-21(30)18(2)12-10-11-13-19-14-16-20(17-15-19)23(31)28-22(24(32)34-8)27(6,7)29-25(33)35-26(3,4)5;1-17(20(30)16-29)10-8-9-11-18-12-14-19(15-13-18)22(31)27-21(23(32)34-7)26(5,6)28-24(33)35-25(2,3)4/h14-18,21-22,30H,9H2,1-8H3,(H,28,31)(H,29,33);12-15,17,20-21,29-30H,16H2,1-7H3,(H,27,31)(H,28,33)/t18?,21?,22-;17?,20?,21-/m11/s1. The van der Waals surface area contributed by atoms with E-state index >= 15 is 0 Å². The Labute approximate surface area is 412 Å². The minimum atomic E-state index is -1.23. The van der Waals surface area contributed by atoms with Gasteiger partial charge in [-0.2, -0.15) is 0 Å². The molecule has 0 aromatic heterocycles. The van der Waals surface area contributed by atoms with Crippen molar-refractivity contribution in [2.75, 3.05) is 20.8 Å². The summed E-state index contributed by atoms with van der Waals surface area (Å²) < 4.78 is 20.2. The van der Waals surface area contributed by atoms with Gasteiger partial charge in [0, 0.05) is 34.1 Å². The van der Waals surface area contributed by atoms with Crippen molar-refractivity contribution in [2.45, 2.75) is 143 Å². The number of carbonyl (C=O) groups excluding carboxylic acids is 6. The molecule has 2 rings (SSSR count). The fourth-order valence-electron chi connectivity index (χ4n) is 5.63. The van der Waals surface area contributed by atoms with Gasteiger partial charge in [0.2, 0.25) is 0 Å². The van der Waals surface area contributed by atoms with Gasteiger partial charge < -0.3 is 55.5 Å². The van der Waals surface area contributed by atoms with Crippen molar-refractivity contribution >= 4 is 35.9 Å². The van der Waals surface area contributed by atoms with Gasteiger partial charge >= 0.3 is 24.1 Å². The van der Waals surface area contributed by atoms with Crippen LogP contribution in [0, 0.1) is 59.2 Å². The number of amides is 4. The van der Waals surface area contributed by atoms with E-state index in [1.165, 1.54) is 26.4 Å². The smallest absolute Gasteiger partial charge is 0.408 e. The largest absolute Gasteiger partial charge is 0.467 e. The van der Waals surface area contributed by atoms with E-state index in [2.05, 4.69) is 68.6 Å². The Kier molecular flexibility index (Phi) is 24.3. The number of rotatable bonds is 14. The van der Waals surface area contributed by atoms with E-state index in [4.69, 9.17) is 24.1 Å². The van der Waals surface area contributed by atoms with Crippen molar-refractivity contribution in [3.05, 3.63) is 70.8 Å². The lowest BCUT2D eigenvalue weighted by Gasteiger charge is -2.34. The first-order valence-corrected chi connectivity index (χ1v) is 22.4. The summed E-state index contributed by atoms with van der Waals surface area (Å²) in [4.78, 5) is 75.0. The molecule has 6 atom stereocenters. The van der Waals surface area contributed by atoms with Crippen LogP contribution in [0.3, 0.4) is 0 Å². The van der Waals surface area contributed by atoms with Gasteiger partial charge in [-0.3, -0.25) is 9.59 Å². The lowest BCUT2D eigenvalue weighted by molar-refractivity contribution is -0.145. The number of benzene rings is 2. The number of ether oxygens (including phenoxy) is 4. The highest BCUT2D eigenvalue weighted by molar-refractivity contribution is 5.98. The van der Waals surface area contributed by atoms with Crippen molar-refractivity contribution in [3.63, 3.8) is 0 Å². The summed E-state index contributed by atoms with van der Waals surface area (Å²) in [6.07, 6.45) is -2.26. The number of hydrogen-bond donors (Lipinski definition) is 7. The average Bonchev–Trinajstić information content (AvgIpc) is 3.27. The minimum absolute atomic E-state index is 0.169. The summed E-state index contributed by atoms with van der Waals surface area (Å²) in [6, 6.07) is 10.4. The Balaban J connectivity index is 0.000000700. The maximum atomic E-state index is 12.8. The molecular formula is C53H70N4O13. The van der Waals surface area contributed by atoms with Gasteiger partial charge in [-0.05, 0) is 162 Å². The summed E-state index contributed by atoms with van der Waals surface area (Å²) in [5, 5.41) is 38.6. The first-order valence-electron chi connectivity index (χ1n) is 22.4. The Morgan fingerprint density at radius 2 is 0.886 bits per heavy atom. The fourth-order valence-corrected chi connectivity index (χ4v) is 5.63. The topological polar surface area (TPSA) is 248 Å². The van der Waals surface area contributed by atoms with Crippen LogP contribution in [0.4, 0.5) is 9.59 Å². The molecule has 0 aliphatic heterocycles. The van der Waals surface area contributed by atoms with E-state index in [1.807, 2.05) is 13.8 Å². The molecule has 0 fully saturated rings. The van der Waals surface area contributed by atoms with Crippen LogP contribution < -0.4 is 21.3 Å². The Hall–Kier alpha value is -7.02. The minimum Gasteiger partial charge on any atom is -0.467 e. The average molecular weight is 971 g/mol. The van der Waals surface area contributed by atoms with Crippen molar-refractivity contribution in [2.24, 2.45) is 11.8 Å². The maximum Gasteiger partial charge on any atom is 0.408 e. The monoisotopic (exact) mass is 970 g/mol. The zero-order valence-corrected chi connectivity index (χ0v) is 42.9. The molecule has 17 nitrogen and oxygen atoms in total. The van der Waals surface area contributed by atoms with Gasteiger partial charge in [0.1, 0.15) is 23.3 Å². The van der Waals surface area contributed by atoms with Gasteiger partial charge in [-0.1, -0.05) is 30.6 Å². The second kappa shape index (κ2) is 27.8. The van der Waals surface area contributed by atoms with Gasteiger partial charge in [0.15, 0.2) is 0 Å². The number of hydrogen-bond acceptors (Lipinski definition) is 13. The summed E-state index contributed by atoms with van der Waals surface area (Å²) >= 11 is 0. The van der Waals surface area contributed by atoms with Crippen LogP contribution in [0.5, 0.6) is 0 Å². The number of carbonyl (C=O) groups is 6. The van der Waals surface area contributed by atoms with Crippen LogP contribution in [-0.2, 0) is 28.5 Å². The molecule has 0 spiro atoms. The second-order valence-electron chi connectivity index (χ2n) is 19.1. The molecule has 0 aliphatic carbocycles. The van der Waals surface area contributed by atoms with E-state index in [-0.39, 0.29) is 18.1 Å². The number of aliphatic hydroxyl groups excluding tert-OH is 3. The SMILES string of the molecule is CCC(O)C(C)C#CC#Cc1ccc(C(=O)N[C@H](C(=O)OC)C(C)(C)NC(=O)OC(C)(C)C)cc1.COC(=O)[C@@H](NC(=O)c1ccc(C#CC#CC(C)C(O)CO)cc1)C(C)(C)NC(=O)OC(C)(C)C. The lowest BCUT2D eigenvalue weighted by Crippen LogP contribution is -2.62. The molecule has 0 bridgehead atoms. The van der Waals surface area contributed by atoms with E-state index in [1.54, 1.807) is 113 Å². The first kappa shape index (κ1) is 61.0. The number of methoxy groups -OCH3 is 2. The molecule has 17 heteroatoms. The molecule has 0 aliphatic rings. The van der Waals surface area contributed by atoms with Crippen LogP contribution in [-0.4, -0.2) is 119 Å². The molecule has 2 aromatic carbocycles. The highest BCUT2D eigenvalue weighted by Gasteiger charge is 2.41. The summed E-state index contributed by atoms with van der Waals surface area (Å²) in [5.74, 6) is 18.9. The van der Waals surface area contributed by atoms with Crippen molar-refractivity contribution < 1.29 is 63.0 Å². The molecule has 0 heterocycles. The predicted octanol–water partition coefficient (Wildman–Crippen LogP) is 4.63. The van der Waals surface area contributed by atoms with Crippen molar-refractivity contribution in [3.8, 4) is 47.4 Å². The van der Waals surface area contributed by atoms with Gasteiger partial charge in [-0.25, -0.2) is 19.2 Å². The molecular weight excluding hydrogens is 901 g/mol. The third-order valence-electron chi connectivity index (χ3n) is 9.71. The first-order chi connectivity index (χ1) is 32.4. The van der Waals surface area contributed by atoms with Crippen LogP contribution >= 0.6 is 0 Å². The van der Waals surface area contributed by atoms with Crippen LogP contribution in [0.2, 0.25) is 0 Å². The number of esters is 2. The third kappa shape index (κ3) is 22.4. The normalized spacial score (nSPS) is 13.5. The molecule has 2 aromatic rings. The van der Waals surface area contributed by atoms with Crippen molar-refractivity contribution in [1.29, 1.82) is 0 Å². The van der Waals surface area contributed by atoms with Crippen molar-refractivity contribution in [1.82, 2.24) is 21.3 Å². The third-order valence-corrected chi connectivity index (χ3v) is 9.71. The van der Waals surface area contributed by atoms with Gasteiger partial charge in [-0.15, -0.1) is 0 Å². The molecule has 70 heavy (non-hydrogen) atoms. The Bertz CT molecular complexity index is 2200. The van der Waals surface area contributed by atoms with Gasteiger partial charge in [0.25, 0.3) is 11.8 Å². The quantitative estimate of drug-likeness (QED) is 0.0777. The summed E-state index contributed by atoms with van der Waals surface area (Å²) in [5.41, 5.74) is -2.09. The zero-order chi connectivity index (χ0) is 53.6. The highest BCUT2D eigenvalue weighted by atomic mass is 16.6.